The molecule has 2 aromatic heterocycles. The summed E-state index contributed by atoms with van der Waals surface area (Å²) in [4.78, 5) is 20.6. The van der Waals surface area contributed by atoms with Crippen LogP contribution in [0, 0.1) is 0 Å². The number of halogens is 3. The van der Waals surface area contributed by atoms with Gasteiger partial charge in [0.1, 0.15) is 5.54 Å². The van der Waals surface area contributed by atoms with E-state index in [2.05, 4.69) is 54.4 Å². The van der Waals surface area contributed by atoms with Crippen LogP contribution < -0.4 is 4.90 Å². The Kier molecular flexibility index (Phi) is 9.19. The number of ketones is 1. The molecule has 0 amide bonds. The number of rotatable bonds is 6. The van der Waals surface area contributed by atoms with Gasteiger partial charge < -0.3 is 4.90 Å². The molecule has 0 aliphatic carbocycles. The third-order valence-electron chi connectivity index (χ3n) is 7.90. The van der Waals surface area contributed by atoms with E-state index in [9.17, 15) is 4.79 Å². The van der Waals surface area contributed by atoms with Gasteiger partial charge in [0.15, 0.2) is 11.4 Å². The number of piperazine rings is 1. The predicted molar refractivity (Wildman–Crippen MR) is 162 cm³/mol. The van der Waals surface area contributed by atoms with Crippen molar-refractivity contribution in [2.24, 2.45) is 0 Å². The van der Waals surface area contributed by atoms with E-state index in [1.165, 1.54) is 5.69 Å². The fourth-order valence-electron chi connectivity index (χ4n) is 6.16. The lowest BCUT2D eigenvalue weighted by Crippen LogP contribution is -2.60. The molecule has 4 aromatic rings. The van der Waals surface area contributed by atoms with Gasteiger partial charge >= 0.3 is 0 Å². The Hall–Kier alpha value is -2.68. The van der Waals surface area contributed by atoms with E-state index in [4.69, 9.17) is 11.6 Å². The van der Waals surface area contributed by atoms with E-state index in [1.807, 2.05) is 49.6 Å². The number of Topliss-reactive ketones (excluding diaryl/α,β-unsaturated/α-hetero) is 1. The maximum Gasteiger partial charge on any atom is 0.158 e. The quantitative estimate of drug-likeness (QED) is 0.293. The second-order valence-corrected chi connectivity index (χ2v) is 10.3. The molecule has 7 nitrogen and oxygen atoms in total. The first-order valence-corrected chi connectivity index (χ1v) is 13.4. The molecule has 2 fully saturated rings. The molecule has 2 aromatic carbocycles. The van der Waals surface area contributed by atoms with Gasteiger partial charge in [-0.2, -0.15) is 5.10 Å². The third-order valence-corrected chi connectivity index (χ3v) is 8.16. The number of carbonyl (C=O) groups is 1. The zero-order valence-electron chi connectivity index (χ0n) is 21.8. The molecule has 10 heteroatoms. The predicted octanol–water partition coefficient (Wildman–Crippen LogP) is 6.13. The highest BCUT2D eigenvalue weighted by molar-refractivity contribution is 6.30. The van der Waals surface area contributed by atoms with E-state index in [-0.39, 0.29) is 30.6 Å². The van der Waals surface area contributed by atoms with Gasteiger partial charge in [0.2, 0.25) is 0 Å². The average Bonchev–Trinajstić information content (AvgIpc) is 3.61. The van der Waals surface area contributed by atoms with E-state index >= 15 is 0 Å². The summed E-state index contributed by atoms with van der Waals surface area (Å²) in [5.41, 5.74) is 4.65. The van der Waals surface area contributed by atoms with Gasteiger partial charge in [0.25, 0.3) is 0 Å². The molecule has 0 unspecified atom stereocenters. The molecular weight excluding hydrogens is 555 g/mol. The van der Waals surface area contributed by atoms with Crippen molar-refractivity contribution in [2.45, 2.75) is 31.7 Å². The number of aromatic amines is 1. The van der Waals surface area contributed by atoms with E-state index in [1.54, 1.807) is 0 Å². The number of fused-ring (bicyclic) bond motifs is 1. The fourth-order valence-corrected chi connectivity index (χ4v) is 6.29. The van der Waals surface area contributed by atoms with Gasteiger partial charge in [-0.25, -0.2) is 15.0 Å². The minimum atomic E-state index is -0.620. The van der Waals surface area contributed by atoms with Crippen molar-refractivity contribution in [3.05, 3.63) is 77.6 Å². The van der Waals surface area contributed by atoms with Crippen LogP contribution in [0.1, 0.15) is 31.7 Å². The minimum Gasteiger partial charge on any atom is -0.368 e. The van der Waals surface area contributed by atoms with Gasteiger partial charge in [0, 0.05) is 55.9 Å². The summed E-state index contributed by atoms with van der Waals surface area (Å²) >= 11 is 6.20. The molecule has 6 rings (SSSR count). The van der Waals surface area contributed by atoms with Crippen LogP contribution in [0.2, 0.25) is 5.02 Å². The highest BCUT2D eigenvalue weighted by Gasteiger charge is 2.50. The normalized spacial score (nSPS) is 20.0. The first-order chi connectivity index (χ1) is 18.1. The van der Waals surface area contributed by atoms with E-state index < -0.39 is 5.54 Å². The first-order valence-electron chi connectivity index (χ1n) is 13.1. The lowest BCUT2D eigenvalue weighted by Gasteiger charge is -2.47. The number of benzene rings is 2. The van der Waals surface area contributed by atoms with Gasteiger partial charge in [-0.15, -0.1) is 24.8 Å². The lowest BCUT2D eigenvalue weighted by molar-refractivity contribution is -0.147. The Morgan fingerprint density at radius 3 is 2.38 bits per heavy atom. The number of pyridine rings is 1. The molecule has 4 heterocycles. The number of nitrogens with zero attached hydrogens (tertiary/aromatic N) is 5. The molecule has 2 saturated heterocycles. The number of hydrogen-bond acceptors (Lipinski definition) is 6. The summed E-state index contributed by atoms with van der Waals surface area (Å²) in [5.74, 6) is 0.273. The number of aromatic nitrogens is 3. The van der Waals surface area contributed by atoms with Crippen LogP contribution in [0.3, 0.4) is 0 Å². The monoisotopic (exact) mass is 586 g/mol. The van der Waals surface area contributed by atoms with Crippen LogP contribution in [-0.4, -0.2) is 63.7 Å². The summed E-state index contributed by atoms with van der Waals surface area (Å²) in [6.07, 6.45) is 6.16. The Morgan fingerprint density at radius 2 is 1.69 bits per heavy atom. The van der Waals surface area contributed by atoms with Crippen molar-refractivity contribution in [3.8, 4) is 11.1 Å². The van der Waals surface area contributed by atoms with Gasteiger partial charge in [-0.05, 0) is 36.1 Å². The number of H-pyrrole nitrogens is 1. The van der Waals surface area contributed by atoms with E-state index in [0.717, 1.165) is 73.3 Å². The number of anilines is 1. The Morgan fingerprint density at radius 1 is 0.974 bits per heavy atom. The lowest BCUT2D eigenvalue weighted by atomic mass is 9.82. The van der Waals surface area contributed by atoms with Crippen LogP contribution in [-0.2, 0) is 10.3 Å². The number of hydrogen-bond donors (Lipinski definition) is 1. The van der Waals surface area contributed by atoms with Gasteiger partial charge in [-0.1, -0.05) is 61.0 Å². The fraction of sp³-hybridized carbons (Fsp3) is 0.345. The number of hydrazine groups is 1. The highest BCUT2D eigenvalue weighted by atomic mass is 35.5. The summed E-state index contributed by atoms with van der Waals surface area (Å²) in [7, 11) is 0. The summed E-state index contributed by atoms with van der Waals surface area (Å²) < 4.78 is 0. The Balaban J connectivity index is 0.00000176. The zero-order valence-corrected chi connectivity index (χ0v) is 24.2. The second kappa shape index (κ2) is 12.2. The summed E-state index contributed by atoms with van der Waals surface area (Å²) in [6, 6.07) is 18.3. The summed E-state index contributed by atoms with van der Waals surface area (Å²) in [6.45, 7) is 6.21. The van der Waals surface area contributed by atoms with Crippen molar-refractivity contribution in [1.82, 2.24) is 25.2 Å². The van der Waals surface area contributed by atoms with Crippen molar-refractivity contribution in [3.63, 3.8) is 0 Å². The Bertz CT molecular complexity index is 1410. The molecule has 0 spiro atoms. The van der Waals surface area contributed by atoms with Crippen molar-refractivity contribution in [2.75, 3.05) is 37.6 Å². The molecule has 39 heavy (non-hydrogen) atoms. The molecule has 0 saturated carbocycles. The second-order valence-electron chi connectivity index (χ2n) is 9.83. The molecule has 1 atom stereocenters. The van der Waals surface area contributed by atoms with Gasteiger partial charge in [-0.3, -0.25) is 9.89 Å². The van der Waals surface area contributed by atoms with Crippen molar-refractivity contribution >= 4 is 58.9 Å². The maximum absolute atomic E-state index is 13.5. The molecule has 0 bridgehead atoms. The van der Waals surface area contributed by atoms with Crippen LogP contribution >= 0.6 is 36.4 Å². The highest BCUT2D eigenvalue weighted by Crippen LogP contribution is 2.43. The van der Waals surface area contributed by atoms with Crippen LogP contribution in [0.5, 0.6) is 0 Å². The third kappa shape index (κ3) is 5.14. The SMILES string of the molecule is CCC(=O)[C@@]1(c2ccc(Cl)cc2)CCCN1N1CCN(c2c(-c3ccccc3)cnc3[nH]ncc23)CC1.Cl.Cl. The van der Waals surface area contributed by atoms with Crippen molar-refractivity contribution in [1.29, 1.82) is 0 Å². The topological polar surface area (TPSA) is 68.4 Å². The molecule has 2 aliphatic heterocycles. The maximum atomic E-state index is 13.5. The molecule has 0 radical (unpaired) electrons. The van der Waals surface area contributed by atoms with Gasteiger partial charge in [0.05, 0.1) is 17.3 Å². The average molecular weight is 588 g/mol. The molecule has 2 aliphatic rings. The zero-order chi connectivity index (χ0) is 25.4. The van der Waals surface area contributed by atoms with Crippen LogP contribution in [0.15, 0.2) is 67.0 Å². The number of carbonyl (C=O) groups excluding carboxylic acids is 1. The van der Waals surface area contributed by atoms with Crippen LogP contribution in [0.25, 0.3) is 22.2 Å². The first kappa shape index (κ1) is 29.3. The molecule has 1 N–H and O–H groups in total. The number of nitrogens with one attached hydrogen (secondary N) is 1. The molecule has 206 valence electrons. The standard InChI is InChI=1S/C29H31ClN6O.2ClH/c1-2-26(37)29(22-9-11-23(30)12-10-22)13-6-14-36(29)35-17-15-34(16-18-35)27-24(21-7-4-3-5-8-21)19-31-28-25(27)20-32-33-28;;/h3-5,7-12,19-20H,2,6,13-18H2,1H3,(H,31,32,33);2*1H/t29-;;/m0../s1. The molecular formula is C29H33Cl3N6O. The van der Waals surface area contributed by atoms with Crippen LogP contribution in [0.4, 0.5) is 5.69 Å². The van der Waals surface area contributed by atoms with E-state index in [0.29, 0.717) is 11.4 Å². The van der Waals surface area contributed by atoms with Crippen molar-refractivity contribution < 1.29 is 4.79 Å². The minimum absolute atomic E-state index is 0. The largest absolute Gasteiger partial charge is 0.368 e. The Labute approximate surface area is 246 Å². The smallest absolute Gasteiger partial charge is 0.158 e. The summed E-state index contributed by atoms with van der Waals surface area (Å²) in [5, 5.41) is 13.8.